The second-order valence-corrected chi connectivity index (χ2v) is 6.04. The molecule has 1 aromatic carbocycles. The van der Waals surface area contributed by atoms with Gasteiger partial charge in [-0.2, -0.15) is 0 Å². The van der Waals surface area contributed by atoms with Gasteiger partial charge in [-0.3, -0.25) is 4.90 Å². The number of aliphatic hydroxyl groups is 1. The van der Waals surface area contributed by atoms with Crippen LogP contribution in [0.2, 0.25) is 10.0 Å². The average molecular weight is 334 g/mol. The molecule has 0 aliphatic carbocycles. The topological polar surface area (TPSA) is 41.9 Å². The van der Waals surface area contributed by atoms with Crippen LogP contribution in [0.15, 0.2) is 18.2 Å². The van der Waals surface area contributed by atoms with E-state index in [1.807, 2.05) is 0 Å². The zero-order valence-corrected chi connectivity index (χ0v) is 13.8. The molecule has 0 spiro atoms. The van der Waals surface area contributed by atoms with Gasteiger partial charge in [0.15, 0.2) is 0 Å². The lowest BCUT2D eigenvalue weighted by molar-refractivity contribution is -0.00461. The third kappa shape index (κ3) is 4.09. The van der Waals surface area contributed by atoms with Gasteiger partial charge in [0.05, 0.1) is 28.4 Å². The van der Waals surface area contributed by atoms with Gasteiger partial charge in [0.1, 0.15) is 0 Å². The van der Waals surface area contributed by atoms with Crippen molar-refractivity contribution < 1.29 is 14.6 Å². The summed E-state index contributed by atoms with van der Waals surface area (Å²) in [5.74, 6) is 0. The van der Waals surface area contributed by atoms with Crippen LogP contribution in [0.5, 0.6) is 0 Å². The number of likely N-dealkylation sites (tertiary alicyclic amines) is 1. The lowest BCUT2D eigenvalue weighted by Gasteiger charge is -2.19. The molecular weight excluding hydrogens is 313 g/mol. The first-order valence-corrected chi connectivity index (χ1v) is 7.72. The molecule has 0 bridgehead atoms. The maximum atomic E-state index is 10.3. The predicted octanol–water partition coefficient (Wildman–Crippen LogP) is 2.76. The first-order chi connectivity index (χ1) is 10.1. The number of ether oxygens (including phenoxy) is 2. The first kappa shape index (κ1) is 17.0. The molecule has 3 atom stereocenters. The maximum absolute atomic E-state index is 10.3. The van der Waals surface area contributed by atoms with Crippen molar-refractivity contribution >= 4 is 23.2 Å². The highest BCUT2D eigenvalue weighted by molar-refractivity contribution is 6.42. The van der Waals surface area contributed by atoms with Crippen LogP contribution in [0, 0.1) is 0 Å². The highest BCUT2D eigenvalue weighted by Crippen LogP contribution is 2.31. The number of rotatable bonds is 6. The molecule has 3 unspecified atom stereocenters. The molecule has 1 fully saturated rings. The Morgan fingerprint density at radius 2 is 1.86 bits per heavy atom. The monoisotopic (exact) mass is 333 g/mol. The summed E-state index contributed by atoms with van der Waals surface area (Å²) < 4.78 is 10.8. The van der Waals surface area contributed by atoms with Crippen LogP contribution >= 0.6 is 23.2 Å². The van der Waals surface area contributed by atoms with Crippen LogP contribution in [0.25, 0.3) is 0 Å². The molecule has 1 aliphatic heterocycles. The van der Waals surface area contributed by atoms with Gasteiger partial charge >= 0.3 is 0 Å². The minimum Gasteiger partial charge on any atom is -0.388 e. The summed E-state index contributed by atoms with van der Waals surface area (Å²) in [5, 5.41) is 11.2. The standard InChI is InChI=1S/C15H21Cl2NO3/c1-20-13-8-18(9-14(13)21-2)7-6-12(19)10-4-3-5-11(16)15(10)17/h3-5,12-14,19H,6-9H2,1-2H3. The SMILES string of the molecule is COC1CN(CCC(O)c2cccc(Cl)c2Cl)CC1OC. The van der Waals surface area contributed by atoms with Gasteiger partial charge in [-0.25, -0.2) is 0 Å². The van der Waals surface area contributed by atoms with Crippen molar-refractivity contribution in [2.24, 2.45) is 0 Å². The molecule has 1 aromatic rings. The Hall–Kier alpha value is -0.360. The molecule has 6 heteroatoms. The van der Waals surface area contributed by atoms with Gasteiger partial charge in [0, 0.05) is 39.4 Å². The fourth-order valence-corrected chi connectivity index (χ4v) is 3.13. The number of methoxy groups -OCH3 is 2. The van der Waals surface area contributed by atoms with E-state index in [2.05, 4.69) is 4.90 Å². The van der Waals surface area contributed by atoms with Crippen molar-refractivity contribution in [3.8, 4) is 0 Å². The van der Waals surface area contributed by atoms with E-state index in [1.54, 1.807) is 32.4 Å². The largest absolute Gasteiger partial charge is 0.388 e. The molecule has 1 N–H and O–H groups in total. The molecule has 1 saturated heterocycles. The Bertz CT molecular complexity index is 460. The van der Waals surface area contributed by atoms with E-state index < -0.39 is 6.10 Å². The molecule has 118 valence electrons. The van der Waals surface area contributed by atoms with Crippen LogP contribution in [0.3, 0.4) is 0 Å². The van der Waals surface area contributed by atoms with Gasteiger partial charge in [-0.15, -0.1) is 0 Å². The highest BCUT2D eigenvalue weighted by atomic mass is 35.5. The van der Waals surface area contributed by atoms with Crippen LogP contribution in [-0.4, -0.2) is 56.1 Å². The predicted molar refractivity (Wildman–Crippen MR) is 84.1 cm³/mol. The zero-order valence-electron chi connectivity index (χ0n) is 12.3. The maximum Gasteiger partial charge on any atom is 0.0971 e. The van der Waals surface area contributed by atoms with Gasteiger partial charge < -0.3 is 14.6 Å². The van der Waals surface area contributed by atoms with Crippen molar-refractivity contribution in [1.29, 1.82) is 0 Å². The van der Waals surface area contributed by atoms with Gasteiger partial charge in [-0.1, -0.05) is 35.3 Å². The number of aliphatic hydroxyl groups excluding tert-OH is 1. The number of halogens is 2. The second-order valence-electron chi connectivity index (χ2n) is 5.26. The van der Waals surface area contributed by atoms with E-state index in [0.717, 1.165) is 19.6 Å². The summed E-state index contributed by atoms with van der Waals surface area (Å²) in [7, 11) is 3.39. The minimum absolute atomic E-state index is 0.0851. The third-order valence-electron chi connectivity index (χ3n) is 3.96. The van der Waals surface area contributed by atoms with Gasteiger partial charge in [-0.05, 0) is 12.5 Å². The van der Waals surface area contributed by atoms with E-state index in [9.17, 15) is 5.11 Å². The molecule has 4 nitrogen and oxygen atoms in total. The van der Waals surface area contributed by atoms with E-state index >= 15 is 0 Å². The Kier molecular flexibility index (Phi) is 6.29. The number of benzene rings is 1. The van der Waals surface area contributed by atoms with Crippen LogP contribution in [0.4, 0.5) is 0 Å². The summed E-state index contributed by atoms with van der Waals surface area (Å²) in [6.45, 7) is 2.37. The number of nitrogens with zero attached hydrogens (tertiary/aromatic N) is 1. The number of hydrogen-bond donors (Lipinski definition) is 1. The molecular formula is C15H21Cl2NO3. The Labute approximate surface area is 135 Å². The molecule has 0 amide bonds. The molecule has 21 heavy (non-hydrogen) atoms. The summed E-state index contributed by atoms with van der Waals surface area (Å²) in [6.07, 6.45) is 0.134. The minimum atomic E-state index is -0.626. The van der Waals surface area contributed by atoms with Crippen molar-refractivity contribution in [3.63, 3.8) is 0 Å². The van der Waals surface area contributed by atoms with Crippen molar-refractivity contribution in [1.82, 2.24) is 4.90 Å². The van der Waals surface area contributed by atoms with Crippen LogP contribution in [-0.2, 0) is 9.47 Å². The van der Waals surface area contributed by atoms with E-state index in [-0.39, 0.29) is 12.2 Å². The molecule has 1 heterocycles. The van der Waals surface area contributed by atoms with Crippen molar-refractivity contribution in [2.45, 2.75) is 24.7 Å². The summed E-state index contributed by atoms with van der Waals surface area (Å²) >= 11 is 12.1. The number of hydrogen-bond acceptors (Lipinski definition) is 4. The van der Waals surface area contributed by atoms with Crippen molar-refractivity contribution in [3.05, 3.63) is 33.8 Å². The summed E-state index contributed by atoms with van der Waals surface area (Å²) in [4.78, 5) is 2.23. The summed E-state index contributed by atoms with van der Waals surface area (Å²) in [5.41, 5.74) is 0.676. The van der Waals surface area contributed by atoms with Gasteiger partial charge in [0.2, 0.25) is 0 Å². The molecule has 0 aromatic heterocycles. The summed E-state index contributed by atoms with van der Waals surface area (Å²) in [6, 6.07) is 5.32. The highest BCUT2D eigenvalue weighted by Gasteiger charge is 2.32. The first-order valence-electron chi connectivity index (χ1n) is 6.96. The Balaban J connectivity index is 1.90. The normalized spacial score (nSPS) is 24.4. The van der Waals surface area contributed by atoms with Crippen molar-refractivity contribution in [2.75, 3.05) is 33.9 Å². The average Bonchev–Trinajstić information content (AvgIpc) is 2.90. The Morgan fingerprint density at radius 3 is 2.43 bits per heavy atom. The molecule has 0 radical (unpaired) electrons. The second kappa shape index (κ2) is 7.77. The smallest absolute Gasteiger partial charge is 0.0971 e. The quantitative estimate of drug-likeness (QED) is 0.869. The van der Waals surface area contributed by atoms with Crippen LogP contribution < -0.4 is 0 Å². The lowest BCUT2D eigenvalue weighted by atomic mass is 10.1. The van der Waals surface area contributed by atoms with E-state index in [0.29, 0.717) is 22.0 Å². The van der Waals surface area contributed by atoms with Gasteiger partial charge in [0.25, 0.3) is 0 Å². The lowest BCUT2D eigenvalue weighted by Crippen LogP contribution is -2.27. The fraction of sp³-hybridized carbons (Fsp3) is 0.600. The molecule has 0 saturated carbocycles. The fourth-order valence-electron chi connectivity index (χ4n) is 2.69. The van der Waals surface area contributed by atoms with Crippen LogP contribution in [0.1, 0.15) is 18.1 Å². The third-order valence-corrected chi connectivity index (χ3v) is 4.79. The Morgan fingerprint density at radius 1 is 1.24 bits per heavy atom. The molecule has 2 rings (SSSR count). The zero-order chi connectivity index (χ0) is 15.4. The van der Waals surface area contributed by atoms with E-state index in [4.69, 9.17) is 32.7 Å². The van der Waals surface area contributed by atoms with E-state index in [1.165, 1.54) is 0 Å². The molecule has 1 aliphatic rings.